The van der Waals surface area contributed by atoms with Crippen LogP contribution in [-0.2, 0) is 9.53 Å². The predicted molar refractivity (Wildman–Crippen MR) is 72.1 cm³/mol. The smallest absolute Gasteiger partial charge is 0.316 e. The molecule has 0 radical (unpaired) electrons. The number of carbonyl (C=O) groups excluding carboxylic acids is 1. The van der Waals surface area contributed by atoms with Crippen LogP contribution in [0.2, 0.25) is 0 Å². The first kappa shape index (κ1) is 11.4. The normalized spacial score (nSPS) is 19.4. The first-order valence-electron chi connectivity index (χ1n) is 4.33. The molecule has 0 unspecified atom stereocenters. The second-order valence-electron chi connectivity index (χ2n) is 3.19. The zero-order valence-corrected chi connectivity index (χ0v) is 12.2. The van der Waals surface area contributed by atoms with Crippen molar-refractivity contribution in [1.82, 2.24) is 0 Å². The summed E-state index contributed by atoms with van der Waals surface area (Å²) >= 11 is 4.45. The highest BCUT2D eigenvalue weighted by molar-refractivity contribution is 14.1. The largest absolute Gasteiger partial charge is 0.496 e. The van der Waals surface area contributed by atoms with E-state index < -0.39 is 0 Å². The van der Waals surface area contributed by atoms with Crippen LogP contribution in [0.4, 0.5) is 0 Å². The van der Waals surface area contributed by atoms with Crippen molar-refractivity contribution in [2.45, 2.75) is 5.92 Å². The van der Waals surface area contributed by atoms with Crippen molar-refractivity contribution in [1.29, 1.82) is 0 Å². The number of hydrogen-bond acceptors (Lipinski definition) is 3. The number of cyclic esters (lactones) is 1. The van der Waals surface area contributed by atoms with Crippen molar-refractivity contribution in [3.8, 4) is 5.75 Å². The van der Waals surface area contributed by atoms with E-state index in [1.54, 1.807) is 7.11 Å². The molecule has 1 heterocycles. The summed E-state index contributed by atoms with van der Waals surface area (Å²) in [6, 6.07) is 3.94. The van der Waals surface area contributed by atoms with Gasteiger partial charge >= 0.3 is 5.97 Å². The molecule has 1 fully saturated rings. The average Bonchev–Trinajstić information content (AvgIpc) is 2.19. The SMILES string of the molecule is COc1cc([C@@H]2COC2=O)c(I)cc1I. The minimum atomic E-state index is -0.142. The number of rotatable bonds is 2. The molecule has 80 valence electrons. The second-order valence-corrected chi connectivity index (χ2v) is 5.52. The van der Waals surface area contributed by atoms with Crippen molar-refractivity contribution in [2.24, 2.45) is 0 Å². The van der Waals surface area contributed by atoms with Crippen molar-refractivity contribution >= 4 is 51.2 Å². The molecule has 0 saturated carbocycles. The molecular weight excluding hydrogens is 422 g/mol. The Morgan fingerprint density at radius 2 is 2.13 bits per heavy atom. The topological polar surface area (TPSA) is 35.5 Å². The fraction of sp³-hybridized carbons (Fsp3) is 0.300. The Morgan fingerprint density at radius 1 is 1.40 bits per heavy atom. The van der Waals surface area contributed by atoms with Crippen molar-refractivity contribution in [2.75, 3.05) is 13.7 Å². The second kappa shape index (κ2) is 4.44. The molecule has 3 nitrogen and oxygen atoms in total. The van der Waals surface area contributed by atoms with Crippen LogP contribution in [0.1, 0.15) is 11.5 Å². The zero-order chi connectivity index (χ0) is 11.0. The molecule has 2 rings (SSSR count). The van der Waals surface area contributed by atoms with Gasteiger partial charge in [0, 0.05) is 3.57 Å². The Balaban J connectivity index is 2.42. The molecule has 1 aromatic rings. The van der Waals surface area contributed by atoms with Gasteiger partial charge in [0.2, 0.25) is 0 Å². The van der Waals surface area contributed by atoms with Crippen LogP contribution in [0.25, 0.3) is 0 Å². The minimum absolute atomic E-state index is 0.109. The first-order valence-corrected chi connectivity index (χ1v) is 6.49. The van der Waals surface area contributed by atoms with E-state index in [2.05, 4.69) is 45.2 Å². The fourth-order valence-electron chi connectivity index (χ4n) is 1.42. The predicted octanol–water partition coefficient (Wildman–Crippen LogP) is 2.54. The molecule has 1 aliphatic rings. The summed E-state index contributed by atoms with van der Waals surface area (Å²) in [5.74, 6) is 0.560. The van der Waals surface area contributed by atoms with Crippen LogP contribution in [0, 0.1) is 7.14 Å². The van der Waals surface area contributed by atoms with Gasteiger partial charge in [-0.3, -0.25) is 4.79 Å². The quantitative estimate of drug-likeness (QED) is 0.535. The first-order chi connectivity index (χ1) is 7.13. The van der Waals surface area contributed by atoms with Crippen molar-refractivity contribution in [3.63, 3.8) is 0 Å². The van der Waals surface area contributed by atoms with E-state index in [1.165, 1.54) is 0 Å². The Bertz CT molecular complexity index is 417. The molecule has 0 spiro atoms. The Kier molecular flexibility index (Phi) is 3.39. The standard InChI is InChI=1S/C10H8I2O3/c1-14-9-2-5(6-4-15-10(6)13)7(11)3-8(9)12/h2-3,6H,4H2,1H3/t6-/m0/s1. The summed E-state index contributed by atoms with van der Waals surface area (Å²) in [4.78, 5) is 11.2. The number of esters is 1. The maximum absolute atomic E-state index is 11.2. The maximum atomic E-state index is 11.2. The van der Waals surface area contributed by atoms with Gasteiger partial charge in [0.05, 0.1) is 10.7 Å². The lowest BCUT2D eigenvalue weighted by atomic mass is 9.97. The monoisotopic (exact) mass is 430 g/mol. The zero-order valence-electron chi connectivity index (χ0n) is 7.92. The Labute approximate surface area is 115 Å². The number of hydrogen-bond donors (Lipinski definition) is 0. The molecule has 1 saturated heterocycles. The van der Waals surface area contributed by atoms with Crippen LogP contribution in [0.3, 0.4) is 0 Å². The van der Waals surface area contributed by atoms with E-state index in [-0.39, 0.29) is 11.9 Å². The van der Waals surface area contributed by atoms with Gasteiger partial charge in [0.25, 0.3) is 0 Å². The van der Waals surface area contributed by atoms with Gasteiger partial charge in [-0.25, -0.2) is 0 Å². The summed E-state index contributed by atoms with van der Waals surface area (Å²) in [7, 11) is 1.63. The van der Waals surface area contributed by atoms with Gasteiger partial charge in [0.15, 0.2) is 0 Å². The van der Waals surface area contributed by atoms with Crippen LogP contribution in [0.15, 0.2) is 12.1 Å². The van der Waals surface area contributed by atoms with E-state index in [0.29, 0.717) is 6.61 Å². The molecule has 0 bridgehead atoms. The van der Waals surface area contributed by atoms with Crippen LogP contribution < -0.4 is 4.74 Å². The lowest BCUT2D eigenvalue weighted by molar-refractivity contribution is -0.161. The summed E-state index contributed by atoms with van der Waals surface area (Å²) in [6.45, 7) is 0.485. The fourth-order valence-corrected chi connectivity index (χ4v) is 3.55. The lowest BCUT2D eigenvalue weighted by Gasteiger charge is -2.26. The molecular formula is C10H8I2O3. The summed E-state index contributed by atoms with van der Waals surface area (Å²) in [5, 5.41) is 0. The number of halogens is 2. The van der Waals surface area contributed by atoms with Crippen LogP contribution >= 0.6 is 45.2 Å². The number of methoxy groups -OCH3 is 1. The molecule has 1 aliphatic heterocycles. The van der Waals surface area contributed by atoms with E-state index in [9.17, 15) is 4.79 Å². The molecule has 0 amide bonds. The van der Waals surface area contributed by atoms with E-state index in [0.717, 1.165) is 18.5 Å². The maximum Gasteiger partial charge on any atom is 0.316 e. The highest BCUT2D eigenvalue weighted by Gasteiger charge is 2.34. The third-order valence-electron chi connectivity index (χ3n) is 2.32. The van der Waals surface area contributed by atoms with E-state index in [1.807, 2.05) is 12.1 Å². The average molecular weight is 430 g/mol. The number of ether oxygens (including phenoxy) is 2. The van der Waals surface area contributed by atoms with E-state index in [4.69, 9.17) is 9.47 Å². The van der Waals surface area contributed by atoms with Gasteiger partial charge in [-0.15, -0.1) is 0 Å². The highest BCUT2D eigenvalue weighted by Crippen LogP contribution is 2.34. The highest BCUT2D eigenvalue weighted by atomic mass is 127. The molecule has 1 atom stereocenters. The van der Waals surface area contributed by atoms with Crippen LogP contribution in [-0.4, -0.2) is 19.7 Å². The Morgan fingerprint density at radius 3 is 2.60 bits per heavy atom. The summed E-state index contributed by atoms with van der Waals surface area (Å²) in [5.41, 5.74) is 1.00. The molecule has 5 heteroatoms. The van der Waals surface area contributed by atoms with Crippen molar-refractivity contribution < 1.29 is 14.3 Å². The van der Waals surface area contributed by atoms with Crippen LogP contribution in [0.5, 0.6) is 5.75 Å². The summed E-state index contributed by atoms with van der Waals surface area (Å²) < 4.78 is 12.1. The molecule has 15 heavy (non-hydrogen) atoms. The van der Waals surface area contributed by atoms with Gasteiger partial charge in [-0.1, -0.05) is 0 Å². The third-order valence-corrected chi connectivity index (χ3v) is 4.10. The number of benzene rings is 1. The van der Waals surface area contributed by atoms with Gasteiger partial charge < -0.3 is 9.47 Å². The molecule has 0 N–H and O–H groups in total. The summed E-state index contributed by atoms with van der Waals surface area (Å²) in [6.07, 6.45) is 0. The van der Waals surface area contributed by atoms with Crippen molar-refractivity contribution in [3.05, 3.63) is 24.8 Å². The third kappa shape index (κ3) is 2.08. The van der Waals surface area contributed by atoms with E-state index >= 15 is 0 Å². The lowest BCUT2D eigenvalue weighted by Crippen LogP contribution is -2.32. The number of carbonyl (C=O) groups is 1. The minimum Gasteiger partial charge on any atom is -0.496 e. The molecule has 1 aromatic carbocycles. The molecule has 0 aromatic heterocycles. The van der Waals surface area contributed by atoms with Gasteiger partial charge in [0.1, 0.15) is 18.3 Å². The Hall–Kier alpha value is -0.0500. The molecule has 0 aliphatic carbocycles. The van der Waals surface area contributed by atoms with Gasteiger partial charge in [-0.05, 0) is 62.9 Å². The van der Waals surface area contributed by atoms with Gasteiger partial charge in [-0.2, -0.15) is 0 Å².